The van der Waals surface area contributed by atoms with Gasteiger partial charge < -0.3 is 19.5 Å². The maximum atomic E-state index is 12.4. The number of hydrogen-bond donors (Lipinski definition) is 1. The summed E-state index contributed by atoms with van der Waals surface area (Å²) < 4.78 is 15.7. The van der Waals surface area contributed by atoms with Crippen LogP contribution in [0.4, 0.5) is 0 Å². The predicted octanol–water partition coefficient (Wildman–Crippen LogP) is 2.41. The summed E-state index contributed by atoms with van der Waals surface area (Å²) in [5.74, 6) is 1.16. The Balaban J connectivity index is 2.20. The normalized spacial score (nSPS) is 10.2. The van der Waals surface area contributed by atoms with Gasteiger partial charge >= 0.3 is 0 Å². The van der Waals surface area contributed by atoms with Gasteiger partial charge in [-0.2, -0.15) is 0 Å². The number of nitrogens with one attached hydrogen (secondary N) is 1. The number of nitrogens with zero attached hydrogens (tertiary/aromatic N) is 1. The Kier molecular flexibility index (Phi) is 5.21. The van der Waals surface area contributed by atoms with Gasteiger partial charge in [0.1, 0.15) is 5.75 Å². The largest absolute Gasteiger partial charge is 0.496 e. The molecule has 1 amide bonds. The third kappa shape index (κ3) is 3.48. The zero-order valence-corrected chi connectivity index (χ0v) is 13.7. The van der Waals surface area contributed by atoms with Crippen LogP contribution in [0.1, 0.15) is 20.2 Å². The van der Waals surface area contributed by atoms with E-state index in [1.165, 1.54) is 21.3 Å². The highest BCUT2D eigenvalue weighted by atomic mass is 32.1. The number of amides is 1. The summed E-state index contributed by atoms with van der Waals surface area (Å²) in [6, 6.07) is 3.23. The SMILES string of the molecule is COc1cc(OC)c(C(=O)NCc2cnc(C)s2)cc1OC. The molecule has 118 valence electrons. The van der Waals surface area contributed by atoms with E-state index < -0.39 is 0 Å². The molecule has 0 aliphatic rings. The predicted molar refractivity (Wildman–Crippen MR) is 84.1 cm³/mol. The van der Waals surface area contributed by atoms with E-state index >= 15 is 0 Å². The van der Waals surface area contributed by atoms with Crippen LogP contribution in [-0.2, 0) is 6.54 Å². The number of rotatable bonds is 6. The molecule has 1 N–H and O–H groups in total. The van der Waals surface area contributed by atoms with Crippen molar-refractivity contribution < 1.29 is 19.0 Å². The lowest BCUT2D eigenvalue weighted by atomic mass is 10.1. The Morgan fingerprint density at radius 3 is 2.32 bits per heavy atom. The molecule has 0 bridgehead atoms. The van der Waals surface area contributed by atoms with Crippen LogP contribution >= 0.6 is 11.3 Å². The average Bonchev–Trinajstić information content (AvgIpc) is 2.96. The fourth-order valence-corrected chi connectivity index (χ4v) is 2.69. The number of aryl methyl sites for hydroxylation is 1. The van der Waals surface area contributed by atoms with Gasteiger partial charge in [-0.05, 0) is 6.92 Å². The quantitative estimate of drug-likeness (QED) is 0.884. The molecule has 1 heterocycles. The molecule has 6 nitrogen and oxygen atoms in total. The smallest absolute Gasteiger partial charge is 0.255 e. The Labute approximate surface area is 133 Å². The zero-order valence-electron chi connectivity index (χ0n) is 12.9. The first-order valence-corrected chi connectivity index (χ1v) is 7.40. The van der Waals surface area contributed by atoms with E-state index in [9.17, 15) is 4.79 Å². The minimum atomic E-state index is -0.246. The summed E-state index contributed by atoms with van der Waals surface area (Å²) in [6.07, 6.45) is 1.76. The highest BCUT2D eigenvalue weighted by Gasteiger charge is 2.17. The van der Waals surface area contributed by atoms with Crippen LogP contribution in [0.2, 0.25) is 0 Å². The molecule has 7 heteroatoms. The molecule has 0 radical (unpaired) electrons. The Bertz CT molecular complexity index is 670. The van der Waals surface area contributed by atoms with Crippen molar-refractivity contribution in [2.75, 3.05) is 21.3 Å². The highest BCUT2D eigenvalue weighted by molar-refractivity contribution is 7.11. The molecule has 0 fully saturated rings. The number of carbonyl (C=O) groups is 1. The van der Waals surface area contributed by atoms with Crippen molar-refractivity contribution in [1.29, 1.82) is 0 Å². The number of methoxy groups -OCH3 is 3. The van der Waals surface area contributed by atoms with Gasteiger partial charge in [0.15, 0.2) is 11.5 Å². The Morgan fingerprint density at radius 2 is 1.77 bits per heavy atom. The van der Waals surface area contributed by atoms with Crippen LogP contribution in [0.5, 0.6) is 17.2 Å². The summed E-state index contributed by atoms with van der Waals surface area (Å²) in [5, 5.41) is 3.81. The zero-order chi connectivity index (χ0) is 16.1. The summed E-state index contributed by atoms with van der Waals surface area (Å²) in [4.78, 5) is 17.5. The fraction of sp³-hybridized carbons (Fsp3) is 0.333. The van der Waals surface area contributed by atoms with Crippen LogP contribution in [0.25, 0.3) is 0 Å². The molecule has 0 atom stereocenters. The molecule has 0 aliphatic heterocycles. The van der Waals surface area contributed by atoms with Crippen molar-refractivity contribution in [3.63, 3.8) is 0 Å². The second-order valence-electron chi connectivity index (χ2n) is 4.44. The molecule has 2 rings (SSSR count). The monoisotopic (exact) mass is 322 g/mol. The molecule has 0 spiro atoms. The van der Waals surface area contributed by atoms with E-state index in [0.717, 1.165) is 9.88 Å². The summed E-state index contributed by atoms with van der Waals surface area (Å²) in [5.41, 5.74) is 0.390. The lowest BCUT2D eigenvalue weighted by Crippen LogP contribution is -2.23. The van der Waals surface area contributed by atoms with Gasteiger partial charge in [0, 0.05) is 23.2 Å². The minimum absolute atomic E-state index is 0.246. The molecule has 22 heavy (non-hydrogen) atoms. The second-order valence-corrected chi connectivity index (χ2v) is 5.76. The first kappa shape index (κ1) is 16.1. The van der Waals surface area contributed by atoms with Gasteiger partial charge in [-0.25, -0.2) is 4.98 Å². The molecular formula is C15H18N2O4S. The summed E-state index contributed by atoms with van der Waals surface area (Å²) in [7, 11) is 4.56. The van der Waals surface area contributed by atoms with Crippen molar-refractivity contribution in [2.45, 2.75) is 13.5 Å². The Morgan fingerprint density at radius 1 is 1.14 bits per heavy atom. The highest BCUT2D eigenvalue weighted by Crippen LogP contribution is 2.34. The van der Waals surface area contributed by atoms with Gasteiger partial charge in [0.05, 0.1) is 38.4 Å². The van der Waals surface area contributed by atoms with E-state index in [0.29, 0.717) is 29.4 Å². The van der Waals surface area contributed by atoms with E-state index in [2.05, 4.69) is 10.3 Å². The molecule has 0 saturated heterocycles. The van der Waals surface area contributed by atoms with Crippen LogP contribution in [0.15, 0.2) is 18.3 Å². The van der Waals surface area contributed by atoms with E-state index in [4.69, 9.17) is 14.2 Å². The first-order valence-electron chi connectivity index (χ1n) is 6.58. The number of benzene rings is 1. The average molecular weight is 322 g/mol. The topological polar surface area (TPSA) is 69.7 Å². The summed E-state index contributed by atoms with van der Waals surface area (Å²) in [6.45, 7) is 2.34. The van der Waals surface area contributed by atoms with Crippen LogP contribution in [-0.4, -0.2) is 32.2 Å². The van der Waals surface area contributed by atoms with Crippen molar-refractivity contribution in [1.82, 2.24) is 10.3 Å². The number of ether oxygens (including phenoxy) is 3. The molecule has 1 aromatic carbocycles. The number of thiazole rings is 1. The maximum Gasteiger partial charge on any atom is 0.255 e. The van der Waals surface area contributed by atoms with E-state index in [1.54, 1.807) is 29.7 Å². The standard InChI is InChI=1S/C15H18N2O4S/c1-9-16-7-10(22-9)8-17-15(18)11-5-13(20-3)14(21-4)6-12(11)19-2/h5-7H,8H2,1-4H3,(H,17,18). The van der Waals surface area contributed by atoms with Crippen molar-refractivity contribution in [3.05, 3.63) is 33.8 Å². The number of carbonyl (C=O) groups excluding carboxylic acids is 1. The number of aromatic nitrogens is 1. The third-order valence-electron chi connectivity index (χ3n) is 3.04. The van der Waals surface area contributed by atoms with Gasteiger partial charge in [-0.1, -0.05) is 0 Å². The van der Waals surface area contributed by atoms with Crippen LogP contribution in [0, 0.1) is 6.92 Å². The van der Waals surface area contributed by atoms with Gasteiger partial charge in [0.25, 0.3) is 5.91 Å². The summed E-state index contributed by atoms with van der Waals surface area (Å²) >= 11 is 1.55. The first-order chi connectivity index (χ1) is 10.6. The molecule has 0 saturated carbocycles. The van der Waals surface area contributed by atoms with Gasteiger partial charge in [-0.15, -0.1) is 11.3 Å². The van der Waals surface area contributed by atoms with E-state index in [1.807, 2.05) is 6.92 Å². The third-order valence-corrected chi connectivity index (χ3v) is 3.96. The van der Waals surface area contributed by atoms with Crippen molar-refractivity contribution >= 4 is 17.2 Å². The van der Waals surface area contributed by atoms with Crippen molar-refractivity contribution in [2.24, 2.45) is 0 Å². The van der Waals surface area contributed by atoms with Crippen LogP contribution < -0.4 is 19.5 Å². The van der Waals surface area contributed by atoms with E-state index in [-0.39, 0.29) is 5.91 Å². The number of hydrogen-bond acceptors (Lipinski definition) is 6. The minimum Gasteiger partial charge on any atom is -0.496 e. The van der Waals surface area contributed by atoms with Gasteiger partial charge in [0.2, 0.25) is 0 Å². The van der Waals surface area contributed by atoms with Gasteiger partial charge in [-0.3, -0.25) is 4.79 Å². The Hall–Kier alpha value is -2.28. The lowest BCUT2D eigenvalue weighted by Gasteiger charge is -2.13. The van der Waals surface area contributed by atoms with Crippen molar-refractivity contribution in [3.8, 4) is 17.2 Å². The molecule has 0 unspecified atom stereocenters. The molecule has 1 aromatic heterocycles. The van der Waals surface area contributed by atoms with Crippen LogP contribution in [0.3, 0.4) is 0 Å². The molecule has 0 aliphatic carbocycles. The second kappa shape index (κ2) is 7.13. The molecule has 2 aromatic rings. The molecular weight excluding hydrogens is 304 g/mol. The maximum absolute atomic E-state index is 12.4. The lowest BCUT2D eigenvalue weighted by molar-refractivity contribution is 0.0948. The fourth-order valence-electron chi connectivity index (χ4n) is 1.96.